The third-order valence-corrected chi connectivity index (χ3v) is 4.09. The number of aryl methyl sites for hydroxylation is 2. The number of nitrogens with one attached hydrogen (secondary N) is 1. The summed E-state index contributed by atoms with van der Waals surface area (Å²) in [7, 11) is 0. The zero-order valence-electron chi connectivity index (χ0n) is 14.4. The van der Waals surface area contributed by atoms with Gasteiger partial charge in [-0.3, -0.25) is 4.79 Å². The first kappa shape index (κ1) is 16.9. The van der Waals surface area contributed by atoms with E-state index in [0.29, 0.717) is 38.0 Å². The SMILES string of the molecule is Cc1ccc(NC(=O)N2CCN(C(=O)Cc3nnc(C)o3)CC2)cc1. The first-order chi connectivity index (χ1) is 12.0. The number of urea groups is 1. The molecule has 0 radical (unpaired) electrons. The van der Waals surface area contributed by atoms with Crippen LogP contribution in [-0.4, -0.2) is 58.1 Å². The summed E-state index contributed by atoms with van der Waals surface area (Å²) >= 11 is 0. The summed E-state index contributed by atoms with van der Waals surface area (Å²) in [6.07, 6.45) is 0.0937. The summed E-state index contributed by atoms with van der Waals surface area (Å²) in [4.78, 5) is 28.0. The van der Waals surface area contributed by atoms with Crippen LogP contribution >= 0.6 is 0 Å². The van der Waals surface area contributed by atoms with Crippen molar-refractivity contribution in [2.75, 3.05) is 31.5 Å². The Labute approximate surface area is 145 Å². The molecule has 0 bridgehead atoms. The lowest BCUT2D eigenvalue weighted by Crippen LogP contribution is -2.52. The predicted octanol–water partition coefficient (Wildman–Crippen LogP) is 1.61. The molecule has 0 atom stereocenters. The topological polar surface area (TPSA) is 91.6 Å². The molecule has 0 spiro atoms. The second-order valence-corrected chi connectivity index (χ2v) is 6.06. The molecular formula is C17H21N5O3. The molecule has 0 aliphatic carbocycles. The van der Waals surface area contributed by atoms with Gasteiger partial charge in [0.05, 0.1) is 0 Å². The number of piperazine rings is 1. The molecule has 8 nitrogen and oxygen atoms in total. The largest absolute Gasteiger partial charge is 0.425 e. The minimum Gasteiger partial charge on any atom is -0.425 e. The number of benzene rings is 1. The molecule has 1 saturated heterocycles. The van der Waals surface area contributed by atoms with Crippen LogP contribution in [0.1, 0.15) is 17.3 Å². The van der Waals surface area contributed by atoms with Crippen molar-refractivity contribution in [1.82, 2.24) is 20.0 Å². The van der Waals surface area contributed by atoms with E-state index < -0.39 is 0 Å². The fraction of sp³-hybridized carbons (Fsp3) is 0.412. The van der Waals surface area contributed by atoms with E-state index >= 15 is 0 Å². The van der Waals surface area contributed by atoms with Gasteiger partial charge < -0.3 is 19.5 Å². The summed E-state index contributed by atoms with van der Waals surface area (Å²) in [6, 6.07) is 7.50. The Bertz CT molecular complexity index is 748. The van der Waals surface area contributed by atoms with E-state index in [9.17, 15) is 9.59 Å². The molecule has 8 heteroatoms. The van der Waals surface area contributed by atoms with E-state index in [0.717, 1.165) is 11.3 Å². The van der Waals surface area contributed by atoms with Crippen LogP contribution in [0, 0.1) is 13.8 Å². The van der Waals surface area contributed by atoms with Crippen LogP contribution in [0.4, 0.5) is 10.5 Å². The molecule has 1 aromatic carbocycles. The van der Waals surface area contributed by atoms with Crippen LogP contribution in [0.5, 0.6) is 0 Å². The Balaban J connectivity index is 1.48. The zero-order chi connectivity index (χ0) is 17.8. The molecule has 1 N–H and O–H groups in total. The van der Waals surface area contributed by atoms with Gasteiger partial charge in [0.25, 0.3) is 0 Å². The highest BCUT2D eigenvalue weighted by molar-refractivity contribution is 5.89. The second-order valence-electron chi connectivity index (χ2n) is 6.06. The maximum absolute atomic E-state index is 12.3. The summed E-state index contributed by atoms with van der Waals surface area (Å²) < 4.78 is 5.23. The number of nitrogens with zero attached hydrogens (tertiary/aromatic N) is 4. The van der Waals surface area contributed by atoms with Gasteiger partial charge in [-0.25, -0.2) is 4.79 Å². The summed E-state index contributed by atoms with van der Waals surface area (Å²) in [6.45, 7) is 5.66. The molecule has 3 amide bonds. The van der Waals surface area contributed by atoms with Crippen molar-refractivity contribution < 1.29 is 14.0 Å². The van der Waals surface area contributed by atoms with Gasteiger partial charge >= 0.3 is 6.03 Å². The number of aromatic nitrogens is 2. The smallest absolute Gasteiger partial charge is 0.321 e. The van der Waals surface area contributed by atoms with E-state index in [4.69, 9.17) is 4.42 Å². The molecule has 1 aromatic heterocycles. The van der Waals surface area contributed by atoms with Crippen molar-refractivity contribution in [3.8, 4) is 0 Å². The standard InChI is InChI=1S/C17H21N5O3/c1-12-3-5-14(6-4-12)18-17(24)22-9-7-21(8-10-22)16(23)11-15-20-19-13(2)25-15/h3-6H,7-11H2,1-2H3,(H,18,24). The average Bonchev–Trinajstić information content (AvgIpc) is 3.02. The maximum Gasteiger partial charge on any atom is 0.321 e. The highest BCUT2D eigenvalue weighted by atomic mass is 16.4. The number of amides is 3. The molecule has 3 rings (SSSR count). The minimum absolute atomic E-state index is 0.0674. The van der Waals surface area contributed by atoms with E-state index in [1.165, 1.54) is 0 Å². The monoisotopic (exact) mass is 343 g/mol. The van der Waals surface area contributed by atoms with E-state index in [1.54, 1.807) is 16.7 Å². The van der Waals surface area contributed by atoms with Gasteiger partial charge in [-0.15, -0.1) is 10.2 Å². The Kier molecular flexibility index (Phi) is 4.97. The molecule has 1 aliphatic heterocycles. The fourth-order valence-corrected chi connectivity index (χ4v) is 2.65. The van der Waals surface area contributed by atoms with Gasteiger partial charge in [-0.1, -0.05) is 17.7 Å². The molecular weight excluding hydrogens is 322 g/mol. The van der Waals surface area contributed by atoms with Crippen LogP contribution in [0.2, 0.25) is 0 Å². The van der Waals surface area contributed by atoms with Crippen molar-refractivity contribution in [2.24, 2.45) is 0 Å². The third kappa shape index (κ3) is 4.34. The molecule has 132 valence electrons. The number of carbonyl (C=O) groups excluding carboxylic acids is 2. The summed E-state index contributed by atoms with van der Waals surface area (Å²) in [5.74, 6) is 0.699. The first-order valence-electron chi connectivity index (χ1n) is 8.20. The fourth-order valence-electron chi connectivity index (χ4n) is 2.65. The molecule has 1 aliphatic rings. The Hall–Kier alpha value is -2.90. The number of hydrogen-bond acceptors (Lipinski definition) is 5. The first-order valence-corrected chi connectivity index (χ1v) is 8.20. The number of rotatable bonds is 3. The van der Waals surface area contributed by atoms with Crippen LogP contribution in [0.3, 0.4) is 0 Å². The van der Waals surface area contributed by atoms with Gasteiger partial charge in [-0.2, -0.15) is 0 Å². The van der Waals surface area contributed by atoms with Crippen molar-refractivity contribution >= 4 is 17.6 Å². The van der Waals surface area contributed by atoms with Crippen LogP contribution in [-0.2, 0) is 11.2 Å². The lowest BCUT2D eigenvalue weighted by atomic mass is 10.2. The van der Waals surface area contributed by atoms with Crippen molar-refractivity contribution in [1.29, 1.82) is 0 Å². The average molecular weight is 343 g/mol. The molecule has 0 unspecified atom stereocenters. The van der Waals surface area contributed by atoms with Crippen LogP contribution < -0.4 is 5.32 Å². The normalized spacial score (nSPS) is 14.5. The van der Waals surface area contributed by atoms with Gasteiger partial charge in [0.15, 0.2) is 0 Å². The van der Waals surface area contributed by atoms with Crippen LogP contribution in [0.15, 0.2) is 28.7 Å². The van der Waals surface area contributed by atoms with Gasteiger partial charge in [0.1, 0.15) is 6.42 Å². The van der Waals surface area contributed by atoms with E-state index in [2.05, 4.69) is 15.5 Å². The Morgan fingerprint density at radius 2 is 1.68 bits per heavy atom. The highest BCUT2D eigenvalue weighted by Crippen LogP contribution is 2.11. The predicted molar refractivity (Wildman–Crippen MR) is 91.1 cm³/mol. The van der Waals surface area contributed by atoms with Gasteiger partial charge in [0.2, 0.25) is 17.7 Å². The van der Waals surface area contributed by atoms with Gasteiger partial charge in [0, 0.05) is 38.8 Å². The zero-order valence-corrected chi connectivity index (χ0v) is 14.4. The van der Waals surface area contributed by atoms with Crippen LogP contribution in [0.25, 0.3) is 0 Å². The summed E-state index contributed by atoms with van der Waals surface area (Å²) in [5.41, 5.74) is 1.91. The van der Waals surface area contributed by atoms with Crippen molar-refractivity contribution in [3.05, 3.63) is 41.6 Å². The highest BCUT2D eigenvalue weighted by Gasteiger charge is 2.25. The lowest BCUT2D eigenvalue weighted by Gasteiger charge is -2.34. The Morgan fingerprint density at radius 1 is 1.04 bits per heavy atom. The maximum atomic E-state index is 12.3. The third-order valence-electron chi connectivity index (χ3n) is 4.09. The quantitative estimate of drug-likeness (QED) is 0.914. The van der Waals surface area contributed by atoms with E-state index in [-0.39, 0.29) is 18.4 Å². The molecule has 2 heterocycles. The lowest BCUT2D eigenvalue weighted by molar-refractivity contribution is -0.132. The molecule has 25 heavy (non-hydrogen) atoms. The van der Waals surface area contributed by atoms with Crippen molar-refractivity contribution in [3.63, 3.8) is 0 Å². The summed E-state index contributed by atoms with van der Waals surface area (Å²) in [5, 5.41) is 10.4. The molecule has 0 saturated carbocycles. The number of anilines is 1. The molecule has 1 fully saturated rings. The molecule has 2 aromatic rings. The van der Waals surface area contributed by atoms with E-state index in [1.807, 2.05) is 31.2 Å². The minimum atomic E-state index is -0.150. The number of carbonyl (C=O) groups is 2. The second kappa shape index (κ2) is 7.33. The Morgan fingerprint density at radius 3 is 2.28 bits per heavy atom. The number of hydrogen-bond donors (Lipinski definition) is 1. The van der Waals surface area contributed by atoms with Crippen molar-refractivity contribution in [2.45, 2.75) is 20.3 Å². The van der Waals surface area contributed by atoms with Gasteiger partial charge in [-0.05, 0) is 19.1 Å².